The van der Waals surface area contributed by atoms with Crippen molar-refractivity contribution < 1.29 is 9.59 Å². The van der Waals surface area contributed by atoms with Gasteiger partial charge < -0.3 is 5.73 Å². The Morgan fingerprint density at radius 3 is 2.47 bits per heavy atom. The molecule has 0 aromatic carbocycles. The third-order valence-electron chi connectivity index (χ3n) is 1.83. The van der Waals surface area contributed by atoms with E-state index >= 15 is 0 Å². The molecule has 2 aromatic heterocycles. The van der Waals surface area contributed by atoms with Crippen molar-refractivity contribution in [1.82, 2.24) is 9.97 Å². The van der Waals surface area contributed by atoms with E-state index in [1.807, 2.05) is 6.92 Å². The molecular weight excluding hydrogens is 260 g/mol. The third-order valence-corrected chi connectivity index (χ3v) is 3.36. The summed E-state index contributed by atoms with van der Waals surface area (Å²) in [5, 5.41) is 6.84. The molecule has 0 aliphatic rings. The van der Waals surface area contributed by atoms with Crippen LogP contribution >= 0.6 is 22.7 Å². The van der Waals surface area contributed by atoms with Gasteiger partial charge in [0.2, 0.25) is 0 Å². The van der Waals surface area contributed by atoms with Crippen molar-refractivity contribution >= 4 is 39.6 Å². The van der Waals surface area contributed by atoms with Crippen molar-refractivity contribution in [2.45, 2.75) is 6.92 Å². The number of hydrogen-bond acceptors (Lipinski definition) is 6. The Morgan fingerprint density at radius 1 is 1.24 bits per heavy atom. The number of carbonyl (C=O) groups excluding carboxylic acids is 2. The van der Waals surface area contributed by atoms with Crippen molar-refractivity contribution in [3.8, 4) is 0 Å². The number of hydrogen-bond donors (Lipinski definition) is 2. The normalized spacial score (nSPS) is 10.2. The van der Waals surface area contributed by atoms with Gasteiger partial charge in [-0.3, -0.25) is 14.9 Å². The zero-order chi connectivity index (χ0) is 12.4. The molecule has 0 saturated heterocycles. The van der Waals surface area contributed by atoms with E-state index in [-0.39, 0.29) is 11.6 Å². The Hall–Kier alpha value is -1.80. The summed E-state index contributed by atoms with van der Waals surface area (Å²) in [7, 11) is 0. The molecule has 0 saturated carbocycles. The van der Waals surface area contributed by atoms with Gasteiger partial charge >= 0.3 is 0 Å². The van der Waals surface area contributed by atoms with Crippen molar-refractivity contribution in [3.05, 3.63) is 27.2 Å². The summed E-state index contributed by atoms with van der Waals surface area (Å²) in [6.07, 6.45) is 0. The van der Waals surface area contributed by atoms with Gasteiger partial charge in [-0.1, -0.05) is 0 Å². The van der Waals surface area contributed by atoms with Crippen LogP contribution in [0.1, 0.15) is 26.0 Å². The van der Waals surface area contributed by atoms with Crippen LogP contribution in [0.2, 0.25) is 0 Å². The van der Waals surface area contributed by atoms with E-state index in [1.165, 1.54) is 16.7 Å². The van der Waals surface area contributed by atoms with Crippen LogP contribution in [0, 0.1) is 6.92 Å². The first-order valence-corrected chi connectivity index (χ1v) is 6.31. The summed E-state index contributed by atoms with van der Waals surface area (Å²) in [6.45, 7) is 1.82. The number of anilines is 1. The lowest BCUT2D eigenvalue weighted by molar-refractivity contribution is 0.0991. The highest BCUT2D eigenvalue weighted by Crippen LogP contribution is 2.16. The molecular formula is C9H8N4O2S2. The fraction of sp³-hybridized carbons (Fsp3) is 0.111. The maximum atomic E-state index is 11.7. The monoisotopic (exact) mass is 268 g/mol. The molecule has 2 rings (SSSR count). The number of nitrogens with two attached hydrogens (primary N) is 1. The minimum atomic E-state index is -0.619. The van der Waals surface area contributed by atoms with Gasteiger partial charge in [0.05, 0.1) is 5.01 Å². The van der Waals surface area contributed by atoms with Crippen LogP contribution in [-0.4, -0.2) is 21.8 Å². The second-order valence-electron chi connectivity index (χ2n) is 3.11. The fourth-order valence-corrected chi connectivity index (χ4v) is 2.36. The predicted molar refractivity (Wildman–Crippen MR) is 65.4 cm³/mol. The van der Waals surface area contributed by atoms with Gasteiger partial charge in [0.15, 0.2) is 5.13 Å². The minimum Gasteiger partial charge on any atom is -0.364 e. The highest BCUT2D eigenvalue weighted by molar-refractivity contribution is 7.14. The second kappa shape index (κ2) is 4.60. The average molecular weight is 268 g/mol. The van der Waals surface area contributed by atoms with Gasteiger partial charge in [-0.25, -0.2) is 9.97 Å². The van der Waals surface area contributed by atoms with E-state index < -0.39 is 5.91 Å². The molecule has 0 radical (unpaired) electrons. The summed E-state index contributed by atoms with van der Waals surface area (Å²) in [6, 6.07) is 0. The molecule has 0 spiro atoms. The number of aromatic nitrogens is 2. The lowest BCUT2D eigenvalue weighted by Crippen LogP contribution is -2.14. The molecule has 2 aromatic rings. The maximum Gasteiger partial charge on any atom is 0.276 e. The van der Waals surface area contributed by atoms with Gasteiger partial charge in [-0.05, 0) is 6.92 Å². The minimum absolute atomic E-state index is 0.139. The van der Waals surface area contributed by atoms with Gasteiger partial charge in [0.1, 0.15) is 11.4 Å². The molecule has 0 bridgehead atoms. The topological polar surface area (TPSA) is 98.0 Å². The molecule has 0 aliphatic carbocycles. The summed E-state index contributed by atoms with van der Waals surface area (Å²) >= 11 is 2.53. The second-order valence-corrected chi connectivity index (χ2v) is 5.03. The van der Waals surface area contributed by atoms with Crippen molar-refractivity contribution in [3.63, 3.8) is 0 Å². The molecule has 17 heavy (non-hydrogen) atoms. The maximum absolute atomic E-state index is 11.7. The van der Waals surface area contributed by atoms with Gasteiger partial charge in [0.25, 0.3) is 11.8 Å². The lowest BCUT2D eigenvalue weighted by atomic mass is 10.4. The molecule has 2 amide bonds. The number of nitrogens with zero attached hydrogens (tertiary/aromatic N) is 2. The molecule has 0 atom stereocenters. The Labute approximate surface area is 105 Å². The Bertz CT molecular complexity index is 575. The summed E-state index contributed by atoms with van der Waals surface area (Å²) in [5.41, 5.74) is 5.53. The van der Waals surface area contributed by atoms with Gasteiger partial charge in [-0.15, -0.1) is 22.7 Å². The van der Waals surface area contributed by atoms with E-state index in [4.69, 9.17) is 5.73 Å². The number of carbonyl (C=O) groups is 2. The summed E-state index contributed by atoms with van der Waals surface area (Å²) < 4.78 is 0. The van der Waals surface area contributed by atoms with Crippen molar-refractivity contribution in [2.75, 3.05) is 5.32 Å². The fourth-order valence-electron chi connectivity index (χ4n) is 1.07. The first-order chi connectivity index (χ1) is 8.06. The number of rotatable bonds is 3. The number of nitrogens with one attached hydrogen (secondary N) is 1. The van der Waals surface area contributed by atoms with Crippen LogP contribution in [0.4, 0.5) is 5.13 Å². The zero-order valence-electron chi connectivity index (χ0n) is 8.76. The molecule has 88 valence electrons. The van der Waals surface area contributed by atoms with Crippen LogP contribution in [0.3, 0.4) is 0 Å². The Morgan fingerprint density at radius 2 is 1.94 bits per heavy atom. The van der Waals surface area contributed by atoms with E-state index in [0.29, 0.717) is 10.8 Å². The standard InChI is InChI=1S/C9H8N4O2S2/c1-4-11-6(3-16-4)8(15)13-9-12-5(2-17-9)7(10)14/h2-3H,1H3,(H2,10,14)(H,12,13,15). The number of primary amides is 1. The Kier molecular flexibility index (Phi) is 3.16. The first kappa shape index (κ1) is 11.7. The highest BCUT2D eigenvalue weighted by Gasteiger charge is 2.13. The largest absolute Gasteiger partial charge is 0.364 e. The third kappa shape index (κ3) is 2.66. The van der Waals surface area contributed by atoms with E-state index in [9.17, 15) is 9.59 Å². The van der Waals surface area contributed by atoms with Crippen molar-refractivity contribution in [1.29, 1.82) is 0 Å². The molecule has 6 nitrogen and oxygen atoms in total. The summed E-state index contributed by atoms with van der Waals surface area (Å²) in [4.78, 5) is 30.4. The average Bonchev–Trinajstić information content (AvgIpc) is 2.86. The van der Waals surface area contributed by atoms with Crippen LogP contribution < -0.4 is 11.1 Å². The van der Waals surface area contributed by atoms with Crippen LogP contribution in [0.25, 0.3) is 0 Å². The zero-order valence-corrected chi connectivity index (χ0v) is 10.4. The molecule has 8 heteroatoms. The smallest absolute Gasteiger partial charge is 0.276 e. The van der Waals surface area contributed by atoms with E-state index in [2.05, 4.69) is 15.3 Å². The van der Waals surface area contributed by atoms with Crippen LogP contribution in [-0.2, 0) is 0 Å². The number of amides is 2. The van der Waals surface area contributed by atoms with Gasteiger partial charge in [-0.2, -0.15) is 0 Å². The first-order valence-electron chi connectivity index (χ1n) is 4.55. The van der Waals surface area contributed by atoms with Gasteiger partial charge in [0, 0.05) is 10.8 Å². The predicted octanol–water partition coefficient (Wildman–Crippen LogP) is 1.26. The van der Waals surface area contributed by atoms with Crippen LogP contribution in [0.5, 0.6) is 0 Å². The quantitative estimate of drug-likeness (QED) is 0.875. The SMILES string of the molecule is Cc1nc(C(=O)Nc2nc(C(N)=O)cs2)cs1. The van der Waals surface area contributed by atoms with Crippen LogP contribution in [0.15, 0.2) is 10.8 Å². The number of aryl methyl sites for hydroxylation is 1. The van der Waals surface area contributed by atoms with E-state index in [1.54, 1.807) is 5.38 Å². The Balaban J connectivity index is 2.10. The van der Waals surface area contributed by atoms with Crippen molar-refractivity contribution in [2.24, 2.45) is 5.73 Å². The molecule has 2 heterocycles. The highest BCUT2D eigenvalue weighted by atomic mass is 32.1. The summed E-state index contributed by atoms with van der Waals surface area (Å²) in [5.74, 6) is -0.967. The molecule has 0 unspecified atom stereocenters. The molecule has 3 N–H and O–H groups in total. The molecule has 0 aliphatic heterocycles. The molecule has 0 fully saturated rings. The van der Waals surface area contributed by atoms with E-state index in [0.717, 1.165) is 16.3 Å². The number of thiazole rings is 2. The lowest BCUT2D eigenvalue weighted by Gasteiger charge is -1.96.